The highest BCUT2D eigenvalue weighted by atomic mass is 14.6. The summed E-state index contributed by atoms with van der Waals surface area (Å²) in [5.74, 6) is 2.75. The van der Waals surface area contributed by atoms with E-state index >= 15 is 0 Å². The van der Waals surface area contributed by atoms with Crippen molar-refractivity contribution in [2.75, 3.05) is 0 Å². The molecule has 13 heavy (non-hydrogen) atoms. The Kier molecular flexibility index (Phi) is 2.10. The fraction of sp³-hybridized carbons (Fsp3) is 0.917. The molecule has 1 heteroatoms. The standard InChI is InChI=1S/C12H19N/c1-12(2)10-6-5-9(8-10)11(12)4-3-7-13/h9-11H,3-6,8H2,1-2H3/t9-,10+,11-/m0/s1. The van der Waals surface area contributed by atoms with Crippen LogP contribution in [-0.2, 0) is 0 Å². The van der Waals surface area contributed by atoms with Gasteiger partial charge >= 0.3 is 0 Å². The molecule has 0 spiro atoms. The minimum Gasteiger partial charge on any atom is -0.198 e. The maximum absolute atomic E-state index is 8.62. The smallest absolute Gasteiger partial charge is 0.0621 e. The van der Waals surface area contributed by atoms with Gasteiger partial charge < -0.3 is 0 Å². The van der Waals surface area contributed by atoms with Gasteiger partial charge in [-0.2, -0.15) is 5.26 Å². The Morgan fingerprint density at radius 1 is 1.38 bits per heavy atom. The van der Waals surface area contributed by atoms with Gasteiger partial charge in [0.1, 0.15) is 0 Å². The molecule has 1 nitrogen and oxygen atoms in total. The maximum atomic E-state index is 8.62. The average Bonchev–Trinajstić information content (AvgIpc) is 2.60. The lowest BCUT2D eigenvalue weighted by atomic mass is 9.67. The van der Waals surface area contributed by atoms with Crippen LogP contribution in [0.15, 0.2) is 0 Å². The first-order chi connectivity index (χ1) is 6.16. The molecule has 0 saturated heterocycles. The molecule has 0 radical (unpaired) electrons. The van der Waals surface area contributed by atoms with Crippen molar-refractivity contribution >= 4 is 0 Å². The van der Waals surface area contributed by atoms with Crippen molar-refractivity contribution in [1.29, 1.82) is 5.26 Å². The molecule has 2 fully saturated rings. The van der Waals surface area contributed by atoms with Gasteiger partial charge in [0, 0.05) is 6.42 Å². The van der Waals surface area contributed by atoms with Gasteiger partial charge in [-0.05, 0) is 48.9 Å². The van der Waals surface area contributed by atoms with Crippen LogP contribution in [0.5, 0.6) is 0 Å². The van der Waals surface area contributed by atoms with E-state index in [0.29, 0.717) is 5.41 Å². The molecule has 2 bridgehead atoms. The first-order valence-corrected chi connectivity index (χ1v) is 5.53. The number of hydrogen-bond donors (Lipinski definition) is 0. The van der Waals surface area contributed by atoms with Crippen LogP contribution >= 0.6 is 0 Å². The minimum atomic E-state index is 0.528. The van der Waals surface area contributed by atoms with E-state index in [1.165, 1.54) is 19.3 Å². The van der Waals surface area contributed by atoms with Crippen molar-refractivity contribution in [3.05, 3.63) is 0 Å². The zero-order chi connectivity index (χ0) is 9.47. The van der Waals surface area contributed by atoms with Crippen LogP contribution in [-0.4, -0.2) is 0 Å². The summed E-state index contributed by atoms with van der Waals surface area (Å²) >= 11 is 0. The Labute approximate surface area is 81.1 Å². The Balaban J connectivity index is 2.06. The van der Waals surface area contributed by atoms with E-state index in [2.05, 4.69) is 19.9 Å². The number of nitriles is 1. The van der Waals surface area contributed by atoms with Crippen molar-refractivity contribution in [3.63, 3.8) is 0 Å². The van der Waals surface area contributed by atoms with Gasteiger partial charge in [0.15, 0.2) is 0 Å². The van der Waals surface area contributed by atoms with Crippen LogP contribution in [0.3, 0.4) is 0 Å². The molecule has 2 aliphatic rings. The summed E-state index contributed by atoms with van der Waals surface area (Å²) in [7, 11) is 0. The van der Waals surface area contributed by atoms with E-state index in [1.54, 1.807) is 0 Å². The van der Waals surface area contributed by atoms with E-state index in [-0.39, 0.29) is 0 Å². The van der Waals surface area contributed by atoms with Gasteiger partial charge in [-0.3, -0.25) is 0 Å². The summed E-state index contributed by atoms with van der Waals surface area (Å²) in [5.41, 5.74) is 0.528. The Morgan fingerprint density at radius 2 is 2.15 bits per heavy atom. The van der Waals surface area contributed by atoms with Gasteiger partial charge in [0.2, 0.25) is 0 Å². The van der Waals surface area contributed by atoms with Gasteiger partial charge in [-0.1, -0.05) is 13.8 Å². The number of fused-ring (bicyclic) bond motifs is 2. The summed E-state index contributed by atoms with van der Waals surface area (Å²) in [5, 5.41) is 8.62. The van der Waals surface area contributed by atoms with Crippen molar-refractivity contribution in [2.45, 2.75) is 46.0 Å². The third-order valence-corrected chi connectivity index (χ3v) is 4.62. The van der Waals surface area contributed by atoms with Crippen molar-refractivity contribution < 1.29 is 0 Å². The first-order valence-electron chi connectivity index (χ1n) is 5.53. The van der Waals surface area contributed by atoms with E-state index < -0.39 is 0 Å². The lowest BCUT2D eigenvalue weighted by Gasteiger charge is -2.38. The van der Waals surface area contributed by atoms with Crippen molar-refractivity contribution in [1.82, 2.24) is 0 Å². The van der Waals surface area contributed by atoms with Crippen LogP contribution in [0.2, 0.25) is 0 Å². The van der Waals surface area contributed by atoms with Crippen LogP contribution in [0.25, 0.3) is 0 Å². The highest BCUT2D eigenvalue weighted by Crippen LogP contribution is 2.60. The fourth-order valence-electron chi connectivity index (χ4n) is 3.80. The van der Waals surface area contributed by atoms with Crippen LogP contribution in [0, 0.1) is 34.5 Å². The predicted octanol–water partition coefficient (Wildman–Crippen LogP) is 3.36. The highest BCUT2D eigenvalue weighted by molar-refractivity contribution is 5.02. The SMILES string of the molecule is CC1(C)[C@@H]2CC[C@@H](C2)[C@@H]1CCC#N. The predicted molar refractivity (Wildman–Crippen MR) is 52.9 cm³/mol. The van der Waals surface area contributed by atoms with E-state index in [4.69, 9.17) is 5.26 Å². The molecule has 0 aromatic heterocycles. The van der Waals surface area contributed by atoms with E-state index in [9.17, 15) is 0 Å². The molecule has 0 aliphatic heterocycles. The molecule has 2 saturated carbocycles. The summed E-state index contributed by atoms with van der Waals surface area (Å²) in [6, 6.07) is 2.29. The van der Waals surface area contributed by atoms with Gasteiger partial charge in [0.25, 0.3) is 0 Å². The summed E-state index contributed by atoms with van der Waals surface area (Å²) < 4.78 is 0. The van der Waals surface area contributed by atoms with Crippen LogP contribution in [0.1, 0.15) is 46.0 Å². The molecule has 2 rings (SSSR count). The number of nitrogens with zero attached hydrogens (tertiary/aromatic N) is 1. The molecule has 0 N–H and O–H groups in total. The van der Waals surface area contributed by atoms with Crippen molar-refractivity contribution in [3.8, 4) is 6.07 Å². The zero-order valence-electron chi connectivity index (χ0n) is 8.71. The molecule has 2 aliphatic carbocycles. The summed E-state index contributed by atoms with van der Waals surface area (Å²) in [6.07, 6.45) is 6.23. The zero-order valence-corrected chi connectivity index (χ0v) is 8.71. The fourth-order valence-corrected chi connectivity index (χ4v) is 3.80. The maximum Gasteiger partial charge on any atom is 0.0621 e. The average molecular weight is 177 g/mol. The van der Waals surface area contributed by atoms with Crippen LogP contribution < -0.4 is 0 Å². The second kappa shape index (κ2) is 3.01. The monoisotopic (exact) mass is 177 g/mol. The molecule has 0 aromatic carbocycles. The number of hydrogen-bond acceptors (Lipinski definition) is 1. The molecule has 0 heterocycles. The molecule has 0 unspecified atom stereocenters. The van der Waals surface area contributed by atoms with E-state index in [1.807, 2.05) is 0 Å². The molecule has 0 amide bonds. The van der Waals surface area contributed by atoms with Gasteiger partial charge in [-0.15, -0.1) is 0 Å². The van der Waals surface area contributed by atoms with Crippen molar-refractivity contribution in [2.24, 2.45) is 23.2 Å². The third kappa shape index (κ3) is 1.27. The van der Waals surface area contributed by atoms with Gasteiger partial charge in [-0.25, -0.2) is 0 Å². The highest BCUT2D eigenvalue weighted by Gasteiger charge is 2.51. The minimum absolute atomic E-state index is 0.528. The molecule has 3 atom stereocenters. The third-order valence-electron chi connectivity index (χ3n) is 4.62. The molecule has 72 valence electrons. The normalized spacial score (nSPS) is 40.5. The van der Waals surface area contributed by atoms with Gasteiger partial charge in [0.05, 0.1) is 6.07 Å². The Bertz CT molecular complexity index is 236. The van der Waals surface area contributed by atoms with E-state index in [0.717, 1.165) is 30.6 Å². The molecular weight excluding hydrogens is 158 g/mol. The summed E-state index contributed by atoms with van der Waals surface area (Å²) in [6.45, 7) is 4.83. The van der Waals surface area contributed by atoms with Crippen LogP contribution in [0.4, 0.5) is 0 Å². The summed E-state index contributed by atoms with van der Waals surface area (Å²) in [4.78, 5) is 0. The second-order valence-corrected chi connectivity index (χ2v) is 5.39. The molecule has 0 aromatic rings. The lowest BCUT2D eigenvalue weighted by Crippen LogP contribution is -2.30. The Morgan fingerprint density at radius 3 is 2.69 bits per heavy atom. The topological polar surface area (TPSA) is 23.8 Å². The number of rotatable bonds is 2. The lowest BCUT2D eigenvalue weighted by molar-refractivity contribution is 0.115. The first kappa shape index (κ1) is 9.06. The Hall–Kier alpha value is -0.510. The quantitative estimate of drug-likeness (QED) is 0.634. The molecular formula is C12H19N. The second-order valence-electron chi connectivity index (χ2n) is 5.39. The largest absolute Gasteiger partial charge is 0.198 e.